The number of amides is 1. The van der Waals surface area contributed by atoms with Crippen LogP contribution in [-0.4, -0.2) is 40.0 Å². The topological polar surface area (TPSA) is 109 Å². The highest BCUT2D eigenvalue weighted by molar-refractivity contribution is 5.88. The zero-order chi connectivity index (χ0) is 13.3. The summed E-state index contributed by atoms with van der Waals surface area (Å²) in [7, 11) is 0. The highest BCUT2D eigenvalue weighted by Crippen LogP contribution is 2.21. The average Bonchev–Trinajstić information content (AvgIpc) is 2.77. The summed E-state index contributed by atoms with van der Waals surface area (Å²) in [4.78, 5) is 31.9. The van der Waals surface area contributed by atoms with Gasteiger partial charge in [0.1, 0.15) is 0 Å². The molecule has 7 heteroatoms. The van der Waals surface area contributed by atoms with Gasteiger partial charge in [0.15, 0.2) is 0 Å². The van der Waals surface area contributed by atoms with E-state index in [1.54, 1.807) is 6.92 Å². The van der Waals surface area contributed by atoms with Crippen molar-refractivity contribution in [3.05, 3.63) is 17.5 Å². The lowest BCUT2D eigenvalue weighted by atomic mass is 10.1. The molecule has 18 heavy (non-hydrogen) atoms. The van der Waals surface area contributed by atoms with Gasteiger partial charge < -0.3 is 15.7 Å². The Morgan fingerprint density at radius 3 is 2.78 bits per heavy atom. The van der Waals surface area contributed by atoms with Crippen LogP contribution in [0.15, 0.2) is 6.20 Å². The van der Waals surface area contributed by atoms with Gasteiger partial charge in [-0.2, -0.15) is 0 Å². The lowest BCUT2D eigenvalue weighted by Gasteiger charge is -2.16. The fourth-order valence-corrected chi connectivity index (χ4v) is 1.99. The summed E-state index contributed by atoms with van der Waals surface area (Å²) in [5, 5.41) is 8.88. The molecule has 1 aliphatic heterocycles. The largest absolute Gasteiger partial charge is 0.478 e. The molecule has 1 unspecified atom stereocenters. The first kappa shape index (κ1) is 12.3. The molecule has 1 aromatic rings. The van der Waals surface area contributed by atoms with Gasteiger partial charge in [-0.05, 0) is 13.3 Å². The SMILES string of the molecule is Cc1nc(N2CCC(C(N)=O)C2)ncc1C(=O)O. The van der Waals surface area contributed by atoms with E-state index in [1.165, 1.54) is 6.20 Å². The Hall–Kier alpha value is -2.18. The molecule has 7 nitrogen and oxygen atoms in total. The first-order chi connectivity index (χ1) is 8.49. The molecule has 2 rings (SSSR count). The molecule has 1 atom stereocenters. The Balaban J connectivity index is 2.18. The fourth-order valence-electron chi connectivity index (χ4n) is 1.99. The van der Waals surface area contributed by atoms with Crippen LogP contribution in [0.2, 0.25) is 0 Å². The lowest BCUT2D eigenvalue weighted by Crippen LogP contribution is -2.28. The van der Waals surface area contributed by atoms with Gasteiger partial charge >= 0.3 is 5.97 Å². The minimum Gasteiger partial charge on any atom is -0.478 e. The van der Waals surface area contributed by atoms with Crippen LogP contribution in [0, 0.1) is 12.8 Å². The Labute approximate surface area is 104 Å². The summed E-state index contributed by atoms with van der Waals surface area (Å²) >= 11 is 0. The van der Waals surface area contributed by atoms with Crippen molar-refractivity contribution in [2.45, 2.75) is 13.3 Å². The van der Waals surface area contributed by atoms with Crippen LogP contribution in [0.25, 0.3) is 0 Å². The van der Waals surface area contributed by atoms with E-state index in [-0.39, 0.29) is 17.4 Å². The van der Waals surface area contributed by atoms with Crippen molar-refractivity contribution in [3.8, 4) is 0 Å². The van der Waals surface area contributed by atoms with Crippen molar-refractivity contribution in [2.24, 2.45) is 11.7 Å². The van der Waals surface area contributed by atoms with Gasteiger partial charge in [0.25, 0.3) is 0 Å². The molecular weight excluding hydrogens is 236 g/mol. The summed E-state index contributed by atoms with van der Waals surface area (Å²) in [5.41, 5.74) is 5.75. The number of nitrogens with zero attached hydrogens (tertiary/aromatic N) is 3. The van der Waals surface area contributed by atoms with E-state index in [1.807, 2.05) is 4.90 Å². The first-order valence-electron chi connectivity index (χ1n) is 5.60. The molecule has 0 bridgehead atoms. The normalized spacial score (nSPS) is 18.9. The van der Waals surface area contributed by atoms with E-state index in [2.05, 4.69) is 9.97 Å². The molecule has 0 radical (unpaired) electrons. The van der Waals surface area contributed by atoms with Gasteiger partial charge in [0.2, 0.25) is 11.9 Å². The molecule has 0 spiro atoms. The van der Waals surface area contributed by atoms with Gasteiger partial charge in [-0.1, -0.05) is 0 Å². The Kier molecular flexibility index (Phi) is 3.14. The van der Waals surface area contributed by atoms with Crippen molar-refractivity contribution in [3.63, 3.8) is 0 Å². The number of carbonyl (C=O) groups excluding carboxylic acids is 1. The number of hydrogen-bond acceptors (Lipinski definition) is 5. The quantitative estimate of drug-likeness (QED) is 0.768. The average molecular weight is 250 g/mol. The Morgan fingerprint density at radius 1 is 1.56 bits per heavy atom. The molecule has 1 fully saturated rings. The summed E-state index contributed by atoms with van der Waals surface area (Å²) in [6.45, 7) is 2.76. The van der Waals surface area contributed by atoms with Gasteiger partial charge in [0.05, 0.1) is 17.2 Å². The number of aromatic carboxylic acids is 1. The smallest absolute Gasteiger partial charge is 0.339 e. The zero-order valence-corrected chi connectivity index (χ0v) is 9.96. The lowest BCUT2D eigenvalue weighted by molar-refractivity contribution is -0.121. The number of carboxylic acid groups (broad SMARTS) is 1. The number of anilines is 1. The van der Waals surface area contributed by atoms with Crippen molar-refractivity contribution < 1.29 is 14.7 Å². The van der Waals surface area contributed by atoms with Gasteiger partial charge in [0, 0.05) is 19.3 Å². The van der Waals surface area contributed by atoms with E-state index in [4.69, 9.17) is 10.8 Å². The van der Waals surface area contributed by atoms with Crippen LogP contribution in [0.3, 0.4) is 0 Å². The van der Waals surface area contributed by atoms with E-state index < -0.39 is 5.97 Å². The summed E-state index contributed by atoms with van der Waals surface area (Å²) in [6.07, 6.45) is 1.97. The van der Waals surface area contributed by atoms with Crippen LogP contribution >= 0.6 is 0 Å². The Bertz CT molecular complexity index is 503. The summed E-state index contributed by atoms with van der Waals surface area (Å²) < 4.78 is 0. The number of hydrogen-bond donors (Lipinski definition) is 2. The van der Waals surface area contributed by atoms with Crippen LogP contribution in [0.5, 0.6) is 0 Å². The second-order valence-corrected chi connectivity index (χ2v) is 4.31. The van der Waals surface area contributed by atoms with Crippen molar-refractivity contribution in [2.75, 3.05) is 18.0 Å². The number of carboxylic acids is 1. The summed E-state index contributed by atoms with van der Waals surface area (Å²) in [6, 6.07) is 0. The maximum atomic E-state index is 11.1. The molecule has 0 saturated carbocycles. The highest BCUT2D eigenvalue weighted by Gasteiger charge is 2.28. The second kappa shape index (κ2) is 4.59. The van der Waals surface area contributed by atoms with Crippen molar-refractivity contribution in [1.29, 1.82) is 0 Å². The van der Waals surface area contributed by atoms with Gasteiger partial charge in [-0.15, -0.1) is 0 Å². The van der Waals surface area contributed by atoms with Crippen LogP contribution in [-0.2, 0) is 4.79 Å². The predicted molar refractivity (Wildman–Crippen MR) is 63.2 cm³/mol. The number of nitrogens with two attached hydrogens (primary N) is 1. The van der Waals surface area contributed by atoms with E-state index in [0.717, 1.165) is 0 Å². The standard InChI is InChI=1S/C11H14N4O3/c1-6-8(10(17)18)4-13-11(14-6)15-3-2-7(5-15)9(12)16/h4,7H,2-3,5H2,1H3,(H2,12,16)(H,17,18). The van der Waals surface area contributed by atoms with Crippen molar-refractivity contribution in [1.82, 2.24) is 9.97 Å². The molecule has 1 saturated heterocycles. The monoisotopic (exact) mass is 250 g/mol. The van der Waals surface area contributed by atoms with Gasteiger partial charge in [-0.3, -0.25) is 4.79 Å². The maximum Gasteiger partial charge on any atom is 0.339 e. The zero-order valence-electron chi connectivity index (χ0n) is 9.96. The highest BCUT2D eigenvalue weighted by atomic mass is 16.4. The Morgan fingerprint density at radius 2 is 2.28 bits per heavy atom. The molecule has 2 heterocycles. The van der Waals surface area contributed by atoms with Crippen LogP contribution < -0.4 is 10.6 Å². The minimum absolute atomic E-state index is 0.0874. The number of primary amides is 1. The maximum absolute atomic E-state index is 11.1. The molecular formula is C11H14N4O3. The molecule has 1 amide bonds. The third-order valence-corrected chi connectivity index (χ3v) is 3.07. The van der Waals surface area contributed by atoms with Crippen molar-refractivity contribution >= 4 is 17.8 Å². The fraction of sp³-hybridized carbons (Fsp3) is 0.455. The first-order valence-corrected chi connectivity index (χ1v) is 5.60. The van der Waals surface area contributed by atoms with E-state index in [0.29, 0.717) is 31.2 Å². The molecule has 3 N–H and O–H groups in total. The minimum atomic E-state index is -1.05. The third kappa shape index (κ3) is 2.24. The number of carbonyl (C=O) groups is 2. The van der Waals surface area contributed by atoms with Crippen LogP contribution in [0.1, 0.15) is 22.5 Å². The molecule has 1 aromatic heterocycles. The van der Waals surface area contributed by atoms with Gasteiger partial charge in [-0.25, -0.2) is 14.8 Å². The second-order valence-electron chi connectivity index (χ2n) is 4.31. The number of aromatic nitrogens is 2. The molecule has 1 aliphatic rings. The number of aryl methyl sites for hydroxylation is 1. The molecule has 0 aromatic carbocycles. The van der Waals surface area contributed by atoms with E-state index >= 15 is 0 Å². The molecule has 96 valence electrons. The van der Waals surface area contributed by atoms with Crippen LogP contribution in [0.4, 0.5) is 5.95 Å². The summed E-state index contributed by atoms with van der Waals surface area (Å²) in [5.74, 6) is -1.11. The third-order valence-electron chi connectivity index (χ3n) is 3.07. The predicted octanol–water partition coefficient (Wildman–Crippen LogP) is -0.205. The molecule has 0 aliphatic carbocycles. The number of rotatable bonds is 3. The van der Waals surface area contributed by atoms with E-state index in [9.17, 15) is 9.59 Å².